The number of carbonyl (C=O) groups is 3. The minimum Gasteiger partial charge on any atom is -0.314 e. The Balaban J connectivity index is 1.52. The number of imide groups is 1. The van der Waals surface area contributed by atoms with Gasteiger partial charge in [-0.05, 0) is 35.7 Å². The lowest BCUT2D eigenvalue weighted by molar-refractivity contribution is -0.143. The van der Waals surface area contributed by atoms with Crippen molar-refractivity contribution in [1.29, 1.82) is 0 Å². The summed E-state index contributed by atoms with van der Waals surface area (Å²) in [7, 11) is 1.67. The van der Waals surface area contributed by atoms with Gasteiger partial charge in [-0.15, -0.1) is 0 Å². The third kappa shape index (κ3) is 2.69. The molecule has 1 heterocycles. The second kappa shape index (κ2) is 6.41. The number of fused-ring (bicyclic) bond motifs is 2. The Morgan fingerprint density at radius 3 is 2.27 bits per heavy atom. The average molecular weight is 348 g/mol. The molecule has 26 heavy (non-hydrogen) atoms. The van der Waals surface area contributed by atoms with E-state index in [1.165, 1.54) is 4.90 Å². The zero-order chi connectivity index (χ0) is 18.3. The van der Waals surface area contributed by atoms with Crippen molar-refractivity contribution in [3.05, 3.63) is 54.6 Å². The molecule has 1 saturated heterocycles. The van der Waals surface area contributed by atoms with Gasteiger partial charge in [-0.1, -0.05) is 42.5 Å². The topological polar surface area (TPSA) is 57.7 Å². The van der Waals surface area contributed by atoms with E-state index in [0.29, 0.717) is 12.8 Å². The maximum Gasteiger partial charge on any atom is 0.246 e. The first kappa shape index (κ1) is 16.5. The molecule has 2 atom stereocenters. The van der Waals surface area contributed by atoms with Gasteiger partial charge in [0.2, 0.25) is 17.7 Å². The molecule has 1 aliphatic heterocycles. The highest BCUT2D eigenvalue weighted by atomic mass is 16.2. The van der Waals surface area contributed by atoms with Gasteiger partial charge in [0.05, 0.1) is 11.8 Å². The number of hydrogen-bond donors (Lipinski definition) is 0. The molecule has 132 valence electrons. The molecule has 5 heteroatoms. The number of rotatable bonds is 3. The first-order valence-corrected chi connectivity index (χ1v) is 8.82. The summed E-state index contributed by atoms with van der Waals surface area (Å²) in [6.45, 7) is -0.200. The Labute approximate surface area is 151 Å². The van der Waals surface area contributed by atoms with Gasteiger partial charge in [0, 0.05) is 12.7 Å². The number of nitrogens with zero attached hydrogens (tertiary/aromatic N) is 2. The van der Waals surface area contributed by atoms with Gasteiger partial charge in [0.1, 0.15) is 6.54 Å². The van der Waals surface area contributed by atoms with Gasteiger partial charge in [-0.2, -0.15) is 0 Å². The molecule has 0 unspecified atom stereocenters. The Bertz CT molecular complexity index is 908. The zero-order valence-corrected chi connectivity index (χ0v) is 14.6. The predicted octanol–water partition coefficient (Wildman–Crippen LogP) is 2.75. The standard InChI is InChI=1S/C21H20N2O3/c1-22(16-11-10-14-6-2-3-7-15(14)12-16)19(24)13-23-20(25)17-8-4-5-9-18(17)21(23)26/h2-7,10-12,17-18H,8-9,13H2,1H3/t17-,18-/m0/s1. The van der Waals surface area contributed by atoms with Crippen molar-refractivity contribution >= 4 is 34.2 Å². The smallest absolute Gasteiger partial charge is 0.246 e. The lowest BCUT2D eigenvalue weighted by Gasteiger charge is -2.21. The van der Waals surface area contributed by atoms with Crippen LogP contribution in [0.2, 0.25) is 0 Å². The van der Waals surface area contributed by atoms with Crippen LogP contribution in [-0.2, 0) is 14.4 Å². The van der Waals surface area contributed by atoms with Crippen LogP contribution in [0.25, 0.3) is 10.8 Å². The number of carbonyl (C=O) groups excluding carboxylic acids is 3. The lowest BCUT2D eigenvalue weighted by atomic mass is 9.85. The summed E-state index contributed by atoms with van der Waals surface area (Å²) in [4.78, 5) is 40.4. The minimum atomic E-state index is -0.300. The van der Waals surface area contributed by atoms with E-state index < -0.39 is 0 Å². The molecule has 0 saturated carbocycles. The molecular weight excluding hydrogens is 328 g/mol. The minimum absolute atomic E-state index is 0.200. The molecule has 0 bridgehead atoms. The number of amides is 3. The van der Waals surface area contributed by atoms with Gasteiger partial charge in [0.15, 0.2) is 0 Å². The molecule has 0 radical (unpaired) electrons. The Morgan fingerprint density at radius 1 is 1.00 bits per heavy atom. The van der Waals surface area contributed by atoms with Crippen molar-refractivity contribution in [2.24, 2.45) is 11.8 Å². The third-order valence-electron chi connectivity index (χ3n) is 5.39. The monoisotopic (exact) mass is 348 g/mol. The summed E-state index contributed by atoms with van der Waals surface area (Å²) in [5, 5.41) is 2.13. The van der Waals surface area contributed by atoms with Crippen LogP contribution in [0.1, 0.15) is 12.8 Å². The molecule has 1 fully saturated rings. The van der Waals surface area contributed by atoms with Crippen LogP contribution < -0.4 is 4.90 Å². The first-order chi connectivity index (χ1) is 12.6. The second-order valence-corrected chi connectivity index (χ2v) is 6.90. The van der Waals surface area contributed by atoms with E-state index in [2.05, 4.69) is 0 Å². The summed E-state index contributed by atoms with van der Waals surface area (Å²) in [5.41, 5.74) is 0.742. The van der Waals surface area contributed by atoms with Crippen LogP contribution in [0.5, 0.6) is 0 Å². The molecule has 2 aliphatic rings. The highest BCUT2D eigenvalue weighted by Crippen LogP contribution is 2.35. The van der Waals surface area contributed by atoms with Crippen molar-refractivity contribution < 1.29 is 14.4 Å². The largest absolute Gasteiger partial charge is 0.314 e. The maximum absolute atomic E-state index is 12.7. The normalized spacial score (nSPS) is 22.0. The van der Waals surface area contributed by atoms with E-state index in [1.807, 2.05) is 54.6 Å². The van der Waals surface area contributed by atoms with Gasteiger partial charge in [-0.25, -0.2) is 0 Å². The number of likely N-dealkylation sites (tertiary alicyclic amines) is 1. The van der Waals surface area contributed by atoms with Crippen molar-refractivity contribution in [3.63, 3.8) is 0 Å². The van der Waals surface area contributed by atoms with Crippen LogP contribution in [0.4, 0.5) is 5.69 Å². The number of likely N-dealkylation sites (N-methyl/N-ethyl adjacent to an activating group) is 1. The molecule has 0 spiro atoms. The molecule has 2 aromatic rings. The van der Waals surface area contributed by atoms with E-state index >= 15 is 0 Å². The summed E-state index contributed by atoms with van der Waals surface area (Å²) in [6.07, 6.45) is 5.05. The predicted molar refractivity (Wildman–Crippen MR) is 99.4 cm³/mol. The molecule has 5 nitrogen and oxygen atoms in total. The van der Waals surface area contributed by atoms with Crippen LogP contribution in [0.3, 0.4) is 0 Å². The molecule has 0 N–H and O–H groups in total. The summed E-state index contributed by atoms with van der Waals surface area (Å²) in [6, 6.07) is 13.7. The van der Waals surface area contributed by atoms with E-state index in [0.717, 1.165) is 21.4 Å². The van der Waals surface area contributed by atoms with Crippen LogP contribution in [0, 0.1) is 11.8 Å². The molecule has 2 aromatic carbocycles. The van der Waals surface area contributed by atoms with Crippen LogP contribution in [-0.4, -0.2) is 36.2 Å². The third-order valence-corrected chi connectivity index (χ3v) is 5.39. The first-order valence-electron chi connectivity index (χ1n) is 8.82. The van der Waals surface area contributed by atoms with Crippen molar-refractivity contribution in [2.75, 3.05) is 18.5 Å². The van der Waals surface area contributed by atoms with Crippen molar-refractivity contribution in [1.82, 2.24) is 4.90 Å². The number of hydrogen-bond acceptors (Lipinski definition) is 3. The number of benzene rings is 2. The van der Waals surface area contributed by atoms with Crippen molar-refractivity contribution in [2.45, 2.75) is 12.8 Å². The summed E-state index contributed by atoms with van der Waals surface area (Å²) in [5.74, 6) is -1.31. The second-order valence-electron chi connectivity index (χ2n) is 6.90. The highest BCUT2D eigenvalue weighted by Gasteiger charge is 2.47. The van der Waals surface area contributed by atoms with Gasteiger partial charge in [-0.3, -0.25) is 19.3 Å². The Hall–Kier alpha value is -2.95. The number of anilines is 1. The Kier molecular flexibility index (Phi) is 4.07. The fourth-order valence-corrected chi connectivity index (χ4v) is 3.80. The number of allylic oxidation sites excluding steroid dienone is 2. The van der Waals surface area contributed by atoms with Gasteiger partial charge >= 0.3 is 0 Å². The van der Waals surface area contributed by atoms with Gasteiger partial charge < -0.3 is 4.90 Å². The van der Waals surface area contributed by atoms with E-state index in [1.54, 1.807) is 7.05 Å². The molecule has 3 amide bonds. The van der Waals surface area contributed by atoms with E-state index in [4.69, 9.17) is 0 Å². The Morgan fingerprint density at radius 2 is 1.62 bits per heavy atom. The maximum atomic E-state index is 12.7. The van der Waals surface area contributed by atoms with Crippen LogP contribution >= 0.6 is 0 Å². The summed E-state index contributed by atoms with van der Waals surface area (Å²) >= 11 is 0. The highest BCUT2D eigenvalue weighted by molar-refractivity contribution is 6.09. The SMILES string of the molecule is CN(C(=O)CN1C(=O)[C@H]2CC=CC[C@@H]2C1=O)c1ccc2ccccc2c1. The molecule has 0 aromatic heterocycles. The summed E-state index contributed by atoms with van der Waals surface area (Å²) < 4.78 is 0. The molecule has 1 aliphatic carbocycles. The fraction of sp³-hybridized carbons (Fsp3) is 0.286. The lowest BCUT2D eigenvalue weighted by Crippen LogP contribution is -2.41. The van der Waals surface area contributed by atoms with Crippen LogP contribution in [0.15, 0.2) is 54.6 Å². The van der Waals surface area contributed by atoms with Gasteiger partial charge in [0.25, 0.3) is 0 Å². The fourth-order valence-electron chi connectivity index (χ4n) is 3.80. The molecular formula is C21H20N2O3. The zero-order valence-electron chi connectivity index (χ0n) is 14.6. The quantitative estimate of drug-likeness (QED) is 0.633. The van der Waals surface area contributed by atoms with Crippen molar-refractivity contribution in [3.8, 4) is 0 Å². The molecule has 4 rings (SSSR count). The van der Waals surface area contributed by atoms with E-state index in [-0.39, 0.29) is 36.1 Å². The average Bonchev–Trinajstić information content (AvgIpc) is 2.92. The van der Waals surface area contributed by atoms with E-state index in [9.17, 15) is 14.4 Å².